The molecule has 0 bridgehead atoms. The van der Waals surface area contributed by atoms with Crippen LogP contribution in [0.25, 0.3) is 0 Å². The summed E-state index contributed by atoms with van der Waals surface area (Å²) in [5.74, 6) is 1.40. The van der Waals surface area contributed by atoms with Gasteiger partial charge in [0.25, 0.3) is 0 Å². The molecule has 0 heterocycles. The Bertz CT molecular complexity index is 418. The SMILES string of the molecule is C=CCc1cc([C@H](N)CO)cc(OCC)c1OCC. The lowest BCUT2D eigenvalue weighted by Gasteiger charge is -2.18. The molecule has 3 N–H and O–H groups in total. The number of benzene rings is 1. The molecule has 1 atom stereocenters. The van der Waals surface area contributed by atoms with E-state index in [1.165, 1.54) is 0 Å². The van der Waals surface area contributed by atoms with E-state index in [4.69, 9.17) is 15.2 Å². The molecule has 0 fully saturated rings. The first kappa shape index (κ1) is 15.5. The molecule has 106 valence electrons. The molecule has 0 spiro atoms. The Kier molecular flexibility index (Phi) is 6.39. The highest BCUT2D eigenvalue weighted by Gasteiger charge is 2.15. The summed E-state index contributed by atoms with van der Waals surface area (Å²) in [4.78, 5) is 0. The predicted octanol–water partition coefficient (Wildman–Crippen LogP) is 2.20. The Morgan fingerprint density at radius 3 is 2.53 bits per heavy atom. The van der Waals surface area contributed by atoms with Gasteiger partial charge in [0.05, 0.1) is 25.9 Å². The van der Waals surface area contributed by atoms with Crippen molar-refractivity contribution in [2.45, 2.75) is 26.3 Å². The van der Waals surface area contributed by atoms with Crippen molar-refractivity contribution < 1.29 is 14.6 Å². The third-order valence-corrected chi connectivity index (χ3v) is 2.73. The highest BCUT2D eigenvalue weighted by molar-refractivity contribution is 5.51. The lowest BCUT2D eigenvalue weighted by molar-refractivity contribution is 0.265. The van der Waals surface area contributed by atoms with Crippen molar-refractivity contribution in [3.63, 3.8) is 0 Å². The zero-order valence-corrected chi connectivity index (χ0v) is 11.7. The summed E-state index contributed by atoms with van der Waals surface area (Å²) >= 11 is 0. The number of hydrogen-bond acceptors (Lipinski definition) is 4. The van der Waals surface area contributed by atoms with E-state index < -0.39 is 6.04 Å². The van der Waals surface area contributed by atoms with Crippen molar-refractivity contribution in [3.8, 4) is 11.5 Å². The molecular weight excluding hydrogens is 242 g/mol. The zero-order valence-electron chi connectivity index (χ0n) is 11.7. The van der Waals surface area contributed by atoms with Crippen LogP contribution in [0.15, 0.2) is 24.8 Å². The Morgan fingerprint density at radius 2 is 2.00 bits per heavy atom. The second-order valence-electron chi connectivity index (χ2n) is 4.16. The minimum atomic E-state index is -0.418. The van der Waals surface area contributed by atoms with E-state index in [-0.39, 0.29) is 6.61 Å². The van der Waals surface area contributed by atoms with Crippen molar-refractivity contribution >= 4 is 0 Å². The standard InChI is InChI=1S/C15H23NO3/c1-4-7-11-8-12(13(16)10-17)9-14(18-5-2)15(11)19-6-3/h4,8-9,13,17H,1,5-7,10,16H2,2-3H3/t13-/m1/s1. The van der Waals surface area contributed by atoms with E-state index >= 15 is 0 Å². The Hall–Kier alpha value is -1.52. The Morgan fingerprint density at radius 1 is 1.32 bits per heavy atom. The van der Waals surface area contributed by atoms with Crippen LogP contribution in [0.2, 0.25) is 0 Å². The normalized spacial score (nSPS) is 12.0. The predicted molar refractivity (Wildman–Crippen MR) is 76.7 cm³/mol. The van der Waals surface area contributed by atoms with Gasteiger partial charge in [-0.1, -0.05) is 6.08 Å². The molecule has 4 nitrogen and oxygen atoms in total. The Balaban J connectivity index is 3.28. The summed E-state index contributed by atoms with van der Waals surface area (Å²) in [5.41, 5.74) is 7.69. The second kappa shape index (κ2) is 7.81. The lowest BCUT2D eigenvalue weighted by atomic mass is 10.0. The van der Waals surface area contributed by atoms with Crippen LogP contribution in [0, 0.1) is 0 Å². The van der Waals surface area contributed by atoms with Crippen LogP contribution < -0.4 is 15.2 Å². The fourth-order valence-electron chi connectivity index (χ4n) is 1.88. The van der Waals surface area contributed by atoms with Crippen LogP contribution in [0.5, 0.6) is 11.5 Å². The number of rotatable bonds is 8. The van der Waals surface area contributed by atoms with Crippen LogP contribution in [0.1, 0.15) is 31.0 Å². The van der Waals surface area contributed by atoms with Gasteiger partial charge in [-0.05, 0) is 38.0 Å². The van der Waals surface area contributed by atoms with Crippen molar-refractivity contribution in [3.05, 3.63) is 35.9 Å². The maximum Gasteiger partial charge on any atom is 0.164 e. The highest BCUT2D eigenvalue weighted by atomic mass is 16.5. The molecule has 19 heavy (non-hydrogen) atoms. The van der Waals surface area contributed by atoms with Crippen LogP contribution in [0.4, 0.5) is 0 Å². The number of nitrogens with two attached hydrogens (primary N) is 1. The fraction of sp³-hybridized carbons (Fsp3) is 0.467. The summed E-state index contributed by atoms with van der Waals surface area (Å²) in [6.45, 7) is 8.61. The fourth-order valence-corrected chi connectivity index (χ4v) is 1.88. The molecule has 0 saturated heterocycles. The van der Waals surface area contributed by atoms with Crippen molar-refractivity contribution in [2.24, 2.45) is 5.73 Å². The zero-order chi connectivity index (χ0) is 14.3. The molecular formula is C15H23NO3. The van der Waals surface area contributed by atoms with Crippen LogP contribution >= 0.6 is 0 Å². The summed E-state index contributed by atoms with van der Waals surface area (Å²) < 4.78 is 11.3. The minimum Gasteiger partial charge on any atom is -0.490 e. The molecule has 0 unspecified atom stereocenters. The van der Waals surface area contributed by atoms with Crippen molar-refractivity contribution in [2.75, 3.05) is 19.8 Å². The van der Waals surface area contributed by atoms with E-state index in [1.807, 2.05) is 32.1 Å². The first-order chi connectivity index (χ1) is 9.17. The van der Waals surface area contributed by atoms with Gasteiger partial charge in [0, 0.05) is 5.56 Å². The molecule has 0 radical (unpaired) electrons. The molecule has 4 heteroatoms. The third-order valence-electron chi connectivity index (χ3n) is 2.73. The third kappa shape index (κ3) is 3.98. The molecule has 0 aliphatic carbocycles. The monoisotopic (exact) mass is 265 g/mol. The second-order valence-corrected chi connectivity index (χ2v) is 4.16. The maximum atomic E-state index is 9.19. The molecule has 0 aliphatic heterocycles. The molecule has 1 aromatic rings. The summed E-state index contributed by atoms with van der Waals surface area (Å²) in [5, 5.41) is 9.19. The number of aliphatic hydroxyl groups excluding tert-OH is 1. The van der Waals surface area contributed by atoms with Gasteiger partial charge in [0.2, 0.25) is 0 Å². The van der Waals surface area contributed by atoms with E-state index in [9.17, 15) is 5.11 Å². The van der Waals surface area contributed by atoms with Crippen LogP contribution in [0.3, 0.4) is 0 Å². The van der Waals surface area contributed by atoms with Gasteiger partial charge in [0.15, 0.2) is 11.5 Å². The van der Waals surface area contributed by atoms with Gasteiger partial charge in [-0.3, -0.25) is 0 Å². The molecule has 0 aromatic heterocycles. The summed E-state index contributed by atoms with van der Waals surface area (Å²) in [7, 11) is 0. The smallest absolute Gasteiger partial charge is 0.164 e. The number of ether oxygens (including phenoxy) is 2. The first-order valence-electron chi connectivity index (χ1n) is 6.57. The van der Waals surface area contributed by atoms with Crippen LogP contribution in [-0.4, -0.2) is 24.9 Å². The van der Waals surface area contributed by atoms with Crippen LogP contribution in [-0.2, 0) is 6.42 Å². The van der Waals surface area contributed by atoms with E-state index in [0.29, 0.717) is 25.4 Å². The average Bonchev–Trinajstić information content (AvgIpc) is 2.41. The minimum absolute atomic E-state index is 0.104. The first-order valence-corrected chi connectivity index (χ1v) is 6.57. The van der Waals surface area contributed by atoms with E-state index in [2.05, 4.69) is 6.58 Å². The van der Waals surface area contributed by atoms with Gasteiger partial charge in [-0.15, -0.1) is 6.58 Å². The quantitative estimate of drug-likeness (QED) is 0.707. The van der Waals surface area contributed by atoms with Gasteiger partial charge in [0.1, 0.15) is 0 Å². The van der Waals surface area contributed by atoms with Gasteiger partial charge >= 0.3 is 0 Å². The largest absolute Gasteiger partial charge is 0.490 e. The molecule has 0 aliphatic rings. The molecule has 1 aromatic carbocycles. The summed E-state index contributed by atoms with van der Waals surface area (Å²) in [6, 6.07) is 3.36. The van der Waals surface area contributed by atoms with Gasteiger partial charge in [-0.25, -0.2) is 0 Å². The molecule has 0 amide bonds. The van der Waals surface area contributed by atoms with E-state index in [1.54, 1.807) is 0 Å². The van der Waals surface area contributed by atoms with Crippen molar-refractivity contribution in [1.29, 1.82) is 0 Å². The maximum absolute atomic E-state index is 9.19. The van der Waals surface area contributed by atoms with Crippen molar-refractivity contribution in [1.82, 2.24) is 0 Å². The molecule has 1 rings (SSSR count). The lowest BCUT2D eigenvalue weighted by Crippen LogP contribution is -2.15. The van der Waals surface area contributed by atoms with Gasteiger partial charge in [-0.2, -0.15) is 0 Å². The highest BCUT2D eigenvalue weighted by Crippen LogP contribution is 2.35. The topological polar surface area (TPSA) is 64.7 Å². The number of hydrogen-bond donors (Lipinski definition) is 2. The average molecular weight is 265 g/mol. The van der Waals surface area contributed by atoms with E-state index in [0.717, 1.165) is 16.9 Å². The number of allylic oxidation sites excluding steroid dienone is 1. The van der Waals surface area contributed by atoms with Gasteiger partial charge < -0.3 is 20.3 Å². The summed E-state index contributed by atoms with van der Waals surface area (Å²) in [6.07, 6.45) is 2.48. The Labute approximate surface area is 114 Å². The molecule has 0 saturated carbocycles. The number of aliphatic hydroxyl groups is 1.